The molecule has 0 aromatic heterocycles. The molecule has 0 spiro atoms. The molecule has 2 bridgehead atoms. The topological polar surface area (TPSA) is 9.23 Å². The van der Waals surface area contributed by atoms with Gasteiger partial charge in [0.25, 0.3) is 0 Å². The van der Waals surface area contributed by atoms with Crippen LogP contribution < -0.4 is 0 Å². The van der Waals surface area contributed by atoms with Gasteiger partial charge in [-0.3, -0.25) is 0 Å². The van der Waals surface area contributed by atoms with Crippen molar-refractivity contribution in [1.29, 1.82) is 0 Å². The monoisotopic (exact) mass is 208 g/mol. The van der Waals surface area contributed by atoms with Crippen LogP contribution >= 0.6 is 0 Å². The number of allylic oxidation sites excluding steroid dienone is 1. The molecular weight excluding hydrogens is 188 g/mol. The highest BCUT2D eigenvalue weighted by Gasteiger charge is 2.33. The largest absolute Gasteiger partial charge is 0.410 e. The molecule has 0 aromatic rings. The molecule has 2 heteroatoms. The van der Waals surface area contributed by atoms with Gasteiger partial charge in [0.1, 0.15) is 0 Å². The minimum atomic E-state index is -1.55. The molecule has 0 amide bonds. The fraction of sp³-hybridized carbons (Fsp3) is 0.667. The molecular formula is C12H20OSi. The molecule has 0 heterocycles. The molecule has 2 rings (SSSR count). The van der Waals surface area contributed by atoms with Gasteiger partial charge in [-0.2, -0.15) is 0 Å². The first-order chi connectivity index (χ1) is 6.61. The molecule has 1 saturated carbocycles. The van der Waals surface area contributed by atoms with Crippen LogP contribution in [0.4, 0.5) is 0 Å². The van der Waals surface area contributed by atoms with Crippen molar-refractivity contribution in [2.75, 3.05) is 6.61 Å². The summed E-state index contributed by atoms with van der Waals surface area (Å²) >= 11 is 0. The fourth-order valence-corrected chi connectivity index (χ4v) is 3.09. The number of hydrogen-bond acceptors (Lipinski definition) is 1. The van der Waals surface area contributed by atoms with Gasteiger partial charge >= 0.3 is 0 Å². The fourth-order valence-electron chi connectivity index (χ4n) is 2.44. The maximum atomic E-state index is 5.97. The number of hydrogen-bond donors (Lipinski definition) is 0. The summed E-state index contributed by atoms with van der Waals surface area (Å²) in [4.78, 5) is 0. The van der Waals surface area contributed by atoms with Gasteiger partial charge in [-0.05, 0) is 49.8 Å². The molecule has 0 saturated heterocycles. The van der Waals surface area contributed by atoms with Crippen molar-refractivity contribution >= 4 is 8.32 Å². The smallest absolute Gasteiger partial charge is 0.210 e. The van der Waals surface area contributed by atoms with Gasteiger partial charge < -0.3 is 4.43 Å². The third-order valence-corrected chi connectivity index (χ3v) is 5.42. The summed E-state index contributed by atoms with van der Waals surface area (Å²) in [6.45, 7) is 9.11. The third-order valence-electron chi connectivity index (χ3n) is 3.55. The SMILES string of the molecule is C=C[Si](C)(C)OCC1=CC2CCC1C2. The van der Waals surface area contributed by atoms with Crippen LogP contribution in [0, 0.1) is 11.8 Å². The highest BCUT2D eigenvalue weighted by molar-refractivity contribution is 6.76. The van der Waals surface area contributed by atoms with E-state index in [1.54, 1.807) is 5.57 Å². The summed E-state index contributed by atoms with van der Waals surface area (Å²) in [6.07, 6.45) is 6.67. The van der Waals surface area contributed by atoms with E-state index in [9.17, 15) is 0 Å². The van der Waals surface area contributed by atoms with Crippen LogP contribution in [0.15, 0.2) is 23.9 Å². The Morgan fingerprint density at radius 1 is 1.57 bits per heavy atom. The maximum absolute atomic E-state index is 5.97. The lowest BCUT2D eigenvalue weighted by Crippen LogP contribution is -2.29. The van der Waals surface area contributed by atoms with Crippen molar-refractivity contribution < 1.29 is 4.43 Å². The second-order valence-corrected chi connectivity index (χ2v) is 9.01. The van der Waals surface area contributed by atoms with Gasteiger partial charge in [-0.15, -0.1) is 6.58 Å². The molecule has 1 fully saturated rings. The van der Waals surface area contributed by atoms with E-state index in [2.05, 4.69) is 25.7 Å². The van der Waals surface area contributed by atoms with Gasteiger partial charge in [0.05, 0.1) is 6.61 Å². The van der Waals surface area contributed by atoms with E-state index in [0.717, 1.165) is 18.4 Å². The highest BCUT2D eigenvalue weighted by atomic mass is 28.4. The van der Waals surface area contributed by atoms with E-state index in [1.807, 2.05) is 5.70 Å². The van der Waals surface area contributed by atoms with Crippen molar-refractivity contribution in [3.8, 4) is 0 Å². The van der Waals surface area contributed by atoms with Crippen molar-refractivity contribution in [3.05, 3.63) is 23.9 Å². The van der Waals surface area contributed by atoms with Crippen molar-refractivity contribution in [2.24, 2.45) is 11.8 Å². The second kappa shape index (κ2) is 3.67. The molecule has 2 unspecified atom stereocenters. The molecule has 1 nitrogen and oxygen atoms in total. The van der Waals surface area contributed by atoms with E-state index in [-0.39, 0.29) is 0 Å². The summed E-state index contributed by atoms with van der Waals surface area (Å²) in [5, 5.41) is 0. The van der Waals surface area contributed by atoms with Crippen LogP contribution in [0.3, 0.4) is 0 Å². The summed E-state index contributed by atoms with van der Waals surface area (Å²) < 4.78 is 5.97. The molecule has 0 N–H and O–H groups in total. The Labute approximate surface area is 88.0 Å². The zero-order valence-electron chi connectivity index (χ0n) is 9.25. The van der Waals surface area contributed by atoms with Gasteiger partial charge in [0.2, 0.25) is 8.32 Å². The summed E-state index contributed by atoms with van der Waals surface area (Å²) in [6, 6.07) is 0. The average Bonchev–Trinajstić information content (AvgIpc) is 2.76. The van der Waals surface area contributed by atoms with E-state index in [1.165, 1.54) is 19.3 Å². The van der Waals surface area contributed by atoms with Crippen LogP contribution in [0.2, 0.25) is 13.1 Å². The summed E-state index contributed by atoms with van der Waals surface area (Å²) in [7, 11) is -1.55. The minimum absolute atomic E-state index is 0.856. The van der Waals surface area contributed by atoms with Crippen LogP contribution in [-0.4, -0.2) is 14.9 Å². The van der Waals surface area contributed by atoms with E-state index in [4.69, 9.17) is 4.43 Å². The van der Waals surface area contributed by atoms with Crippen molar-refractivity contribution in [3.63, 3.8) is 0 Å². The second-order valence-electron chi connectivity index (χ2n) is 5.11. The molecule has 2 atom stereocenters. The van der Waals surface area contributed by atoms with Crippen LogP contribution in [-0.2, 0) is 4.43 Å². The number of rotatable bonds is 4. The lowest BCUT2D eigenvalue weighted by Gasteiger charge is -2.21. The molecule has 0 aromatic carbocycles. The Balaban J connectivity index is 1.88. The van der Waals surface area contributed by atoms with E-state index < -0.39 is 8.32 Å². The molecule has 2 aliphatic carbocycles. The zero-order valence-corrected chi connectivity index (χ0v) is 10.3. The van der Waals surface area contributed by atoms with E-state index in [0.29, 0.717) is 0 Å². The van der Waals surface area contributed by atoms with Gasteiger partial charge in [-0.25, -0.2) is 0 Å². The van der Waals surface area contributed by atoms with Crippen molar-refractivity contribution in [2.45, 2.75) is 32.4 Å². The predicted octanol–water partition coefficient (Wildman–Crippen LogP) is 3.29. The number of fused-ring (bicyclic) bond motifs is 2. The Morgan fingerprint density at radius 3 is 2.86 bits per heavy atom. The summed E-state index contributed by atoms with van der Waals surface area (Å²) in [5.41, 5.74) is 3.59. The zero-order chi connectivity index (χ0) is 10.2. The average molecular weight is 208 g/mol. The van der Waals surface area contributed by atoms with Gasteiger partial charge in [0.15, 0.2) is 0 Å². The normalized spacial score (nSPS) is 30.6. The lowest BCUT2D eigenvalue weighted by molar-refractivity contribution is 0.334. The first kappa shape index (κ1) is 10.2. The Kier molecular flexibility index (Phi) is 2.67. The maximum Gasteiger partial charge on any atom is 0.210 e. The lowest BCUT2D eigenvalue weighted by atomic mass is 10.00. The first-order valence-corrected chi connectivity index (χ1v) is 8.57. The third kappa shape index (κ3) is 2.01. The van der Waals surface area contributed by atoms with Crippen molar-refractivity contribution in [1.82, 2.24) is 0 Å². The van der Waals surface area contributed by atoms with Gasteiger partial charge in [0, 0.05) is 0 Å². The standard InChI is InChI=1S/C12H20OSi/c1-4-14(2,3)13-9-12-8-10-5-6-11(12)7-10/h4,8,10-11H,1,5-7,9H2,2-3H3. The van der Waals surface area contributed by atoms with Crippen LogP contribution in [0.1, 0.15) is 19.3 Å². The Bertz CT molecular complexity index is 267. The van der Waals surface area contributed by atoms with Gasteiger partial charge in [-0.1, -0.05) is 11.8 Å². The molecule has 78 valence electrons. The van der Waals surface area contributed by atoms with Crippen LogP contribution in [0.25, 0.3) is 0 Å². The van der Waals surface area contributed by atoms with E-state index >= 15 is 0 Å². The first-order valence-electron chi connectivity index (χ1n) is 5.59. The minimum Gasteiger partial charge on any atom is -0.410 e. The summed E-state index contributed by atoms with van der Waals surface area (Å²) in [5.74, 6) is 1.74. The Hall–Kier alpha value is -0.343. The quantitative estimate of drug-likeness (QED) is 0.509. The Morgan fingerprint density at radius 2 is 2.36 bits per heavy atom. The molecule has 14 heavy (non-hydrogen) atoms. The highest BCUT2D eigenvalue weighted by Crippen LogP contribution is 2.43. The molecule has 2 aliphatic rings. The van der Waals surface area contributed by atoms with Crippen LogP contribution in [0.5, 0.6) is 0 Å². The molecule has 0 aliphatic heterocycles. The predicted molar refractivity (Wildman–Crippen MR) is 62.5 cm³/mol. The molecule has 0 radical (unpaired) electrons.